The first kappa shape index (κ1) is 13.6. The van der Waals surface area contributed by atoms with Gasteiger partial charge in [0.2, 0.25) is 11.0 Å². The fourth-order valence-corrected chi connectivity index (χ4v) is 1.43. The van der Waals surface area contributed by atoms with E-state index < -0.39 is 4.92 Å². The second-order valence-corrected chi connectivity index (χ2v) is 3.62. The van der Waals surface area contributed by atoms with Crippen LogP contribution < -0.4 is 5.32 Å². The van der Waals surface area contributed by atoms with Crippen molar-refractivity contribution < 1.29 is 9.66 Å². The molecule has 0 aromatic carbocycles. The molecule has 0 radical (unpaired) electrons. The van der Waals surface area contributed by atoms with E-state index in [-0.39, 0.29) is 22.8 Å². The fourth-order valence-electron chi connectivity index (χ4n) is 1.23. The fraction of sp³-hybridized carbons (Fsp3) is 0.556. The normalized spacial score (nSPS) is 12.2. The van der Waals surface area contributed by atoms with E-state index in [0.29, 0.717) is 13.2 Å². The molecule has 1 aromatic rings. The van der Waals surface area contributed by atoms with Crippen molar-refractivity contribution in [2.75, 3.05) is 18.5 Å². The van der Waals surface area contributed by atoms with E-state index in [0.717, 1.165) is 0 Å². The average molecular weight is 261 g/mol. The van der Waals surface area contributed by atoms with Gasteiger partial charge in [0.1, 0.15) is 6.33 Å². The Morgan fingerprint density at radius 3 is 2.94 bits per heavy atom. The van der Waals surface area contributed by atoms with Crippen LogP contribution in [0.4, 0.5) is 11.5 Å². The predicted molar refractivity (Wildman–Crippen MR) is 63.3 cm³/mol. The molecule has 1 unspecified atom stereocenters. The summed E-state index contributed by atoms with van der Waals surface area (Å²) < 4.78 is 5.29. The van der Waals surface area contributed by atoms with Gasteiger partial charge in [-0.25, -0.2) is 9.97 Å². The number of nitrogens with zero attached hydrogens (tertiary/aromatic N) is 3. The van der Waals surface area contributed by atoms with Gasteiger partial charge in [0, 0.05) is 13.2 Å². The summed E-state index contributed by atoms with van der Waals surface area (Å²) in [5.74, 6) is 0.0987. The lowest BCUT2D eigenvalue weighted by atomic mass is 10.4. The molecule has 1 rings (SSSR count). The van der Waals surface area contributed by atoms with Crippen LogP contribution in [-0.4, -0.2) is 34.1 Å². The van der Waals surface area contributed by atoms with Gasteiger partial charge in [0.15, 0.2) is 0 Å². The maximum atomic E-state index is 10.8. The topological polar surface area (TPSA) is 90.2 Å². The highest BCUT2D eigenvalue weighted by Crippen LogP contribution is 2.28. The highest BCUT2D eigenvalue weighted by molar-refractivity contribution is 6.31. The Hall–Kier alpha value is -1.47. The van der Waals surface area contributed by atoms with Gasteiger partial charge in [0.25, 0.3) is 0 Å². The molecule has 0 aliphatic heterocycles. The van der Waals surface area contributed by atoms with Crippen LogP contribution in [0.5, 0.6) is 0 Å². The van der Waals surface area contributed by atoms with Crippen molar-refractivity contribution >= 4 is 23.1 Å². The Bertz CT molecular complexity index is 402. The van der Waals surface area contributed by atoms with E-state index in [1.807, 2.05) is 13.8 Å². The zero-order chi connectivity index (χ0) is 12.8. The van der Waals surface area contributed by atoms with E-state index in [1.54, 1.807) is 0 Å². The maximum absolute atomic E-state index is 10.8. The number of hydrogen-bond acceptors (Lipinski definition) is 6. The Labute approximate surface area is 103 Å². The number of halogens is 1. The third-order valence-corrected chi connectivity index (χ3v) is 2.24. The summed E-state index contributed by atoms with van der Waals surface area (Å²) in [7, 11) is 0. The van der Waals surface area contributed by atoms with Gasteiger partial charge in [-0.2, -0.15) is 0 Å². The molecule has 0 amide bonds. The predicted octanol–water partition coefficient (Wildman–Crippen LogP) is 1.88. The summed E-state index contributed by atoms with van der Waals surface area (Å²) in [4.78, 5) is 17.5. The SMILES string of the molecule is CCOC(C)CNc1ncnc(Cl)c1[N+](=O)[O-]. The van der Waals surface area contributed by atoms with Crippen LogP contribution in [0.1, 0.15) is 13.8 Å². The summed E-state index contributed by atoms with van der Waals surface area (Å²) in [5.41, 5.74) is -0.321. The van der Waals surface area contributed by atoms with Gasteiger partial charge in [-0.05, 0) is 13.8 Å². The molecule has 7 nitrogen and oxygen atoms in total. The lowest BCUT2D eigenvalue weighted by molar-refractivity contribution is -0.384. The Morgan fingerprint density at radius 2 is 2.35 bits per heavy atom. The Kier molecular flexibility index (Phi) is 5.05. The molecule has 0 aliphatic carbocycles. The first-order valence-electron chi connectivity index (χ1n) is 5.06. The molecule has 94 valence electrons. The summed E-state index contributed by atoms with van der Waals surface area (Å²) in [5, 5.41) is 13.4. The standard InChI is InChI=1S/C9H13ClN4O3/c1-3-17-6(2)4-11-9-7(14(15)16)8(10)12-5-13-9/h5-6H,3-4H2,1-2H3,(H,11,12,13). The van der Waals surface area contributed by atoms with E-state index in [2.05, 4.69) is 15.3 Å². The van der Waals surface area contributed by atoms with E-state index >= 15 is 0 Å². The van der Waals surface area contributed by atoms with E-state index in [9.17, 15) is 10.1 Å². The number of anilines is 1. The minimum atomic E-state index is -0.615. The molecule has 0 aliphatic rings. The highest BCUT2D eigenvalue weighted by atomic mass is 35.5. The molecule has 1 heterocycles. The highest BCUT2D eigenvalue weighted by Gasteiger charge is 2.21. The summed E-state index contributed by atoms with van der Waals surface area (Å²) in [6.07, 6.45) is 1.09. The quantitative estimate of drug-likeness (QED) is 0.477. The summed E-state index contributed by atoms with van der Waals surface area (Å²) >= 11 is 5.64. The van der Waals surface area contributed by atoms with Crippen LogP contribution in [-0.2, 0) is 4.74 Å². The van der Waals surface area contributed by atoms with Crippen LogP contribution in [0.25, 0.3) is 0 Å². The molecule has 1 atom stereocenters. The van der Waals surface area contributed by atoms with Crippen LogP contribution in [0.2, 0.25) is 5.15 Å². The molecule has 0 saturated carbocycles. The van der Waals surface area contributed by atoms with Crippen molar-refractivity contribution in [1.29, 1.82) is 0 Å². The molecule has 0 saturated heterocycles. The monoisotopic (exact) mass is 260 g/mol. The third-order valence-electron chi connectivity index (χ3n) is 1.97. The summed E-state index contributed by atoms with van der Waals surface area (Å²) in [6.45, 7) is 4.71. The van der Waals surface area contributed by atoms with Crippen molar-refractivity contribution in [3.63, 3.8) is 0 Å². The molecule has 0 bridgehead atoms. The molecule has 17 heavy (non-hydrogen) atoms. The smallest absolute Gasteiger partial charge is 0.348 e. The first-order valence-corrected chi connectivity index (χ1v) is 5.44. The molecule has 0 fully saturated rings. The second-order valence-electron chi connectivity index (χ2n) is 3.27. The van der Waals surface area contributed by atoms with Crippen LogP contribution in [0, 0.1) is 10.1 Å². The van der Waals surface area contributed by atoms with E-state index in [4.69, 9.17) is 16.3 Å². The van der Waals surface area contributed by atoms with Crippen molar-refractivity contribution in [3.8, 4) is 0 Å². The number of hydrogen-bond donors (Lipinski definition) is 1. The van der Waals surface area contributed by atoms with Crippen molar-refractivity contribution in [2.45, 2.75) is 20.0 Å². The third kappa shape index (κ3) is 3.79. The van der Waals surface area contributed by atoms with Gasteiger partial charge in [-0.1, -0.05) is 11.6 Å². The van der Waals surface area contributed by atoms with Crippen LogP contribution in [0.3, 0.4) is 0 Å². The number of nitro groups is 1. The Morgan fingerprint density at radius 1 is 1.65 bits per heavy atom. The zero-order valence-electron chi connectivity index (χ0n) is 9.51. The van der Waals surface area contributed by atoms with E-state index in [1.165, 1.54) is 6.33 Å². The first-order chi connectivity index (χ1) is 8.06. The maximum Gasteiger partial charge on any atom is 0.348 e. The van der Waals surface area contributed by atoms with Crippen molar-refractivity contribution in [1.82, 2.24) is 9.97 Å². The van der Waals surface area contributed by atoms with Crippen molar-refractivity contribution in [3.05, 3.63) is 21.6 Å². The van der Waals surface area contributed by atoms with Gasteiger partial charge >= 0.3 is 5.69 Å². The molecular weight excluding hydrogens is 248 g/mol. The minimum Gasteiger partial charge on any atom is -0.377 e. The van der Waals surface area contributed by atoms with Gasteiger partial charge < -0.3 is 10.1 Å². The molecular formula is C9H13ClN4O3. The number of ether oxygens (including phenoxy) is 1. The number of aromatic nitrogens is 2. The Balaban J connectivity index is 2.77. The molecule has 1 N–H and O–H groups in total. The van der Waals surface area contributed by atoms with Gasteiger partial charge in [-0.3, -0.25) is 10.1 Å². The summed E-state index contributed by atoms with van der Waals surface area (Å²) in [6, 6.07) is 0. The van der Waals surface area contributed by atoms with Crippen LogP contribution >= 0.6 is 11.6 Å². The average Bonchev–Trinajstić information content (AvgIpc) is 2.26. The number of nitrogens with one attached hydrogen (secondary N) is 1. The van der Waals surface area contributed by atoms with Gasteiger partial charge in [0.05, 0.1) is 11.0 Å². The largest absolute Gasteiger partial charge is 0.377 e. The van der Waals surface area contributed by atoms with Crippen LogP contribution in [0.15, 0.2) is 6.33 Å². The molecule has 1 aromatic heterocycles. The lowest BCUT2D eigenvalue weighted by Crippen LogP contribution is -2.20. The number of rotatable bonds is 6. The molecule has 0 spiro atoms. The zero-order valence-corrected chi connectivity index (χ0v) is 10.3. The van der Waals surface area contributed by atoms with Gasteiger partial charge in [-0.15, -0.1) is 0 Å². The minimum absolute atomic E-state index is 0.0756. The molecule has 8 heteroatoms. The van der Waals surface area contributed by atoms with Crippen molar-refractivity contribution in [2.24, 2.45) is 0 Å². The lowest BCUT2D eigenvalue weighted by Gasteiger charge is -2.12. The second kappa shape index (κ2) is 6.31.